The van der Waals surface area contributed by atoms with Crippen molar-refractivity contribution in [1.82, 2.24) is 68.9 Å². The van der Waals surface area contributed by atoms with E-state index >= 15 is 0 Å². The number of aliphatic hydroxyl groups excluding tert-OH is 5. The number of likely N-dealkylation sites (tertiary alicyclic amines) is 1. The Hall–Kier alpha value is -10.6. The number of aromatic nitrogens is 12. The van der Waals surface area contributed by atoms with E-state index in [0.717, 1.165) is 92.2 Å². The lowest BCUT2D eigenvalue weighted by Gasteiger charge is -2.29. The zero-order chi connectivity index (χ0) is 113. The maximum absolute atomic E-state index is 12.1. The number of Topliss-reactive ketones (excluding diaryl/α,β-unsaturated/α-hetero) is 2. The van der Waals surface area contributed by atoms with E-state index in [1.54, 1.807) is 40.3 Å². The van der Waals surface area contributed by atoms with E-state index in [9.17, 15) is 29.4 Å². The Bertz CT molecular complexity index is 5370. The van der Waals surface area contributed by atoms with Crippen LogP contribution < -0.4 is 20.4 Å². The number of carbonyl (C=O) groups excluding carboxylic acids is 4. The number of aryl methyl sites for hydroxylation is 1. The molecule has 29 nitrogen and oxygen atoms in total. The molecule has 0 bridgehead atoms. The number of aliphatic hydroxyl groups is 5. The Morgan fingerprint density at radius 1 is 0.367 bits per heavy atom. The molecule has 0 spiro atoms. The number of nitrogens with zero attached hydrogens (tertiary/aromatic N) is 16. The predicted octanol–water partition coefficient (Wildman–Crippen LogP) is 20.5. The van der Waals surface area contributed by atoms with Crippen molar-refractivity contribution in [2.45, 2.75) is 353 Å². The number of hydrogen-bond acceptors (Lipinski definition) is 23. The van der Waals surface area contributed by atoms with E-state index < -0.39 is 12.2 Å². The highest BCUT2D eigenvalue weighted by Gasteiger charge is 2.27. The summed E-state index contributed by atoms with van der Waals surface area (Å²) < 4.78 is 17.5. The highest BCUT2D eigenvalue weighted by atomic mass is 16.5. The van der Waals surface area contributed by atoms with Gasteiger partial charge in [-0.15, -0.1) is 0 Å². The molecule has 4 aliphatic rings. The van der Waals surface area contributed by atoms with Crippen LogP contribution in [0.3, 0.4) is 0 Å². The molecule has 832 valence electrons. The second-order valence-corrected chi connectivity index (χ2v) is 50.2. The van der Waals surface area contributed by atoms with Gasteiger partial charge in [0.1, 0.15) is 23.2 Å². The van der Waals surface area contributed by atoms with Gasteiger partial charge < -0.3 is 55.4 Å². The van der Waals surface area contributed by atoms with E-state index in [0.29, 0.717) is 64.0 Å². The molecule has 4 saturated heterocycles. The van der Waals surface area contributed by atoms with Crippen molar-refractivity contribution in [3.8, 4) is 0 Å². The summed E-state index contributed by atoms with van der Waals surface area (Å²) in [5.74, 6) is 3.38. The minimum Gasteiger partial charge on any atom is -0.394 e. The van der Waals surface area contributed by atoms with Crippen LogP contribution in [-0.4, -0.2) is 242 Å². The van der Waals surface area contributed by atoms with Crippen LogP contribution in [0.25, 0.3) is 0 Å². The zero-order valence-electron chi connectivity index (χ0n) is 98.1. The Morgan fingerprint density at radius 2 is 0.707 bits per heavy atom. The summed E-state index contributed by atoms with van der Waals surface area (Å²) in [6, 6.07) is 33.0. The molecule has 2 amide bonds. The number of rotatable bonds is 19. The number of ether oxygens (including phenoxy) is 2. The lowest BCUT2D eigenvalue weighted by molar-refractivity contribution is -0.118. The fourth-order valence-corrected chi connectivity index (χ4v) is 15.2. The van der Waals surface area contributed by atoms with Crippen LogP contribution in [-0.2, 0) is 111 Å². The van der Waals surface area contributed by atoms with Crippen molar-refractivity contribution in [2.75, 3.05) is 132 Å². The highest BCUT2D eigenvalue weighted by Crippen LogP contribution is 2.32. The third-order valence-corrected chi connectivity index (χ3v) is 25.8. The molecule has 0 aliphatic carbocycles. The summed E-state index contributed by atoms with van der Waals surface area (Å²) in [5, 5.41) is 66.6. The maximum atomic E-state index is 12.1. The Labute approximate surface area is 900 Å². The number of piperidine rings is 2. The topological polar surface area (TPSA) is 348 Å². The Morgan fingerprint density at radius 3 is 1.03 bits per heavy atom. The van der Waals surface area contributed by atoms with Crippen LogP contribution in [0, 0.1) is 5.92 Å². The molecule has 12 heterocycles. The van der Waals surface area contributed by atoms with Crippen molar-refractivity contribution in [3.63, 3.8) is 0 Å². The molecule has 150 heavy (non-hydrogen) atoms. The summed E-state index contributed by atoms with van der Waals surface area (Å²) in [4.78, 5) is 72.4. The van der Waals surface area contributed by atoms with E-state index in [4.69, 9.17) is 24.8 Å². The van der Waals surface area contributed by atoms with Crippen molar-refractivity contribution in [1.29, 1.82) is 0 Å². The van der Waals surface area contributed by atoms with Crippen LogP contribution in [0.5, 0.6) is 0 Å². The minimum atomic E-state index is -0.734. The quantitative estimate of drug-likeness (QED) is 0.0370. The predicted molar refractivity (Wildman–Crippen MR) is 613 cm³/mol. The van der Waals surface area contributed by atoms with E-state index in [1.807, 2.05) is 128 Å². The largest absolute Gasteiger partial charge is 0.394 e. The maximum Gasteiger partial charge on any atom is 0.239 e. The van der Waals surface area contributed by atoms with Crippen LogP contribution >= 0.6 is 0 Å². The second-order valence-electron chi connectivity index (χ2n) is 50.2. The fourth-order valence-electron chi connectivity index (χ4n) is 15.2. The van der Waals surface area contributed by atoms with Crippen LogP contribution in [0.2, 0.25) is 0 Å². The number of morpholine rings is 2. The molecule has 0 unspecified atom stereocenters. The summed E-state index contributed by atoms with van der Waals surface area (Å²) in [7, 11) is 1.94. The first-order chi connectivity index (χ1) is 69.6. The van der Waals surface area contributed by atoms with Crippen molar-refractivity contribution in [2.24, 2.45) is 13.0 Å². The lowest BCUT2D eigenvalue weighted by atomic mass is 9.86. The molecule has 4 fully saturated rings. The summed E-state index contributed by atoms with van der Waals surface area (Å²) in [6.45, 7) is 83.1. The van der Waals surface area contributed by atoms with Gasteiger partial charge in [0.2, 0.25) is 11.8 Å². The van der Waals surface area contributed by atoms with Crippen LogP contribution in [0.1, 0.15) is 332 Å². The average molecular weight is 2070 g/mol. The molecule has 0 radical (unpaired) electrons. The first kappa shape index (κ1) is 130. The number of anilines is 4. The average Bonchev–Trinajstić information content (AvgIpc) is 1.61. The van der Waals surface area contributed by atoms with Crippen molar-refractivity contribution in [3.05, 3.63) is 238 Å². The third kappa shape index (κ3) is 49.9. The van der Waals surface area contributed by atoms with Gasteiger partial charge >= 0.3 is 0 Å². The van der Waals surface area contributed by atoms with Gasteiger partial charge in [0, 0.05) is 119 Å². The number of amides is 2. The SMILES string of the molecule is CC(=O)Cc1ccc(C(C)(C)C)cn1.CC(=O)c1ccc(C(C)(C)C)cc1.CC(C)(C)c1ccc(N2CCCCC2)cc1.CC(C)(C)c1ccc(N2CCOCC2)nc1.CC(C)(C)c1ccc(NC(=O)CN2CCOCC2)nc1.CC(C)(C)c1cnn(CCO)c1.CC(C)(C)c1cnn(C[C@@H](O)CO)c1.CC(C)(C)c1cnn(C[C@H](O)CO)c1.CC1CCN(CC(=O)Nc2ccc(C(C)(C)C)cn2)CC1.Cn1cc(C(C)(C)C)cn1. The first-order valence-corrected chi connectivity index (χ1v) is 53.7. The van der Waals surface area contributed by atoms with E-state index in [2.05, 4.69) is 328 Å². The standard InChI is InChI=1S/C17H27N3O.C15H23N3O2.C15H23N.C13H20N2O.C12H17NO.C12H16O.2C10H18N2O2.C9H16N2O.C8H14N2/c1-13-7-9-20(10-8-13)12-16(21)19-15-6-5-14(11-18-15)17(2,3)4;1-15(2,3)12-4-5-13(16-10-12)17-14(19)11-18-6-8-20-9-7-18;1-15(2,3)13-7-9-14(10-8-13)16-11-5-4-6-12-16;1-13(2,3)11-4-5-12(14-10-11)15-6-8-16-9-7-15;1-9(14)7-11-6-5-10(8-13-11)12(2,3)4;1-9(13)10-5-7-11(8-6-10)12(2,3)4;2*1-10(2,3)8-4-11-12(5-8)6-9(14)7-13;1-9(2,3)8-6-10-11(7-8)4-5-12;1-8(2,3)7-5-9-10(4)6-7/h5-6,11,13H,7-10,12H2,1-4H3,(H,18,19,21);4-5,10H,6-9,11H2,1-3H3,(H,16,17,19);7-10H,4-6,11-12H2,1-3H3;4-5,10H,6-9H2,1-3H3;5-6,8H,7H2,1-4H3;5-8H,1-4H3;2*4-5,9,13-14H,6-7H2,1-3H3;6-7,12H,4-5H2,1-3H3;5-6H,1-4H3/t;;;;;;2*9-;;/m......10../s1. The molecule has 0 saturated carbocycles. The summed E-state index contributed by atoms with van der Waals surface area (Å²) in [5.41, 5.74) is 16.7. The molecular weight excluding hydrogens is 1880 g/mol. The van der Waals surface area contributed by atoms with Crippen molar-refractivity contribution < 1.29 is 54.2 Å². The van der Waals surface area contributed by atoms with Crippen LogP contribution in [0.15, 0.2) is 171 Å². The molecule has 14 rings (SSSR count). The highest BCUT2D eigenvalue weighted by molar-refractivity contribution is 5.94. The summed E-state index contributed by atoms with van der Waals surface area (Å²) in [6.07, 6.45) is 28.2. The first-order valence-electron chi connectivity index (χ1n) is 53.7. The van der Waals surface area contributed by atoms with Gasteiger partial charge in [0.25, 0.3) is 0 Å². The van der Waals surface area contributed by atoms with E-state index in [-0.39, 0.29) is 97.4 Å². The van der Waals surface area contributed by atoms with Gasteiger partial charge in [0.15, 0.2) is 5.78 Å². The smallest absolute Gasteiger partial charge is 0.239 e. The molecule has 2 atom stereocenters. The number of pyridine rings is 4. The van der Waals surface area contributed by atoms with Crippen LogP contribution in [0.4, 0.5) is 23.1 Å². The molecule has 8 aromatic heterocycles. The number of nitrogens with one attached hydrogen (secondary N) is 2. The Balaban J connectivity index is 0.000000295. The number of carbonyl (C=O) groups is 4. The van der Waals surface area contributed by atoms with Gasteiger partial charge in [-0.3, -0.25) is 52.7 Å². The van der Waals surface area contributed by atoms with Gasteiger partial charge in [-0.2, -0.15) is 20.4 Å². The summed E-state index contributed by atoms with van der Waals surface area (Å²) >= 11 is 0. The molecule has 29 heteroatoms. The second kappa shape index (κ2) is 60.2. The zero-order valence-corrected chi connectivity index (χ0v) is 98.1. The van der Waals surface area contributed by atoms with Gasteiger partial charge in [-0.1, -0.05) is 275 Å². The molecule has 4 aliphatic heterocycles. The fraction of sp³-hybridized carbons (Fsp3) is 0.603. The Kier molecular flexibility index (Phi) is 52.1. The molecular formula is C121H192N18O11. The van der Waals surface area contributed by atoms with Crippen molar-refractivity contribution >= 4 is 46.5 Å². The lowest BCUT2D eigenvalue weighted by Crippen LogP contribution is -2.41. The number of benzene rings is 2. The monoisotopic (exact) mass is 2070 g/mol. The normalized spacial score (nSPS) is 15.0. The number of hydrogen-bond donors (Lipinski definition) is 7. The third-order valence-electron chi connectivity index (χ3n) is 25.8. The van der Waals surface area contributed by atoms with E-state index in [1.165, 1.54) is 89.8 Å². The van der Waals surface area contributed by atoms with Gasteiger partial charge in [-0.25, -0.2) is 15.0 Å². The van der Waals surface area contributed by atoms with Gasteiger partial charge in [-0.05, 0) is 211 Å². The van der Waals surface area contributed by atoms with Gasteiger partial charge in [0.05, 0.1) is 116 Å². The number of ketones is 2. The minimum absolute atomic E-state index is 0.0251. The molecule has 2 aromatic carbocycles. The molecule has 7 N–H and O–H groups in total. The molecule has 10 aromatic rings.